The van der Waals surface area contributed by atoms with E-state index in [0.29, 0.717) is 6.54 Å². The van der Waals surface area contributed by atoms with Crippen LogP contribution >= 0.6 is 0 Å². The number of carbonyl (C=O) groups excluding carboxylic acids is 1. The van der Waals surface area contributed by atoms with Gasteiger partial charge in [0.2, 0.25) is 0 Å². The summed E-state index contributed by atoms with van der Waals surface area (Å²) >= 11 is 0. The van der Waals surface area contributed by atoms with Gasteiger partial charge in [-0.05, 0) is 32.9 Å². The number of hydrogen-bond acceptors (Lipinski definition) is 4. The first-order valence-corrected chi connectivity index (χ1v) is 6.61. The van der Waals surface area contributed by atoms with E-state index in [1.54, 1.807) is 0 Å². The van der Waals surface area contributed by atoms with Crippen molar-refractivity contribution in [2.75, 3.05) is 20.1 Å². The van der Waals surface area contributed by atoms with E-state index in [1.807, 2.05) is 7.05 Å². The number of unbranched alkanes of at least 4 members (excludes halogenated alkanes) is 2. The van der Waals surface area contributed by atoms with Gasteiger partial charge in [-0.1, -0.05) is 6.42 Å². The second-order valence-electron chi connectivity index (χ2n) is 4.39. The zero-order valence-corrected chi connectivity index (χ0v) is 11.6. The van der Waals surface area contributed by atoms with Crippen LogP contribution in [0.3, 0.4) is 0 Å². The Morgan fingerprint density at radius 1 is 1.05 bits per heavy atom. The lowest BCUT2D eigenvalue weighted by atomic mass is 10.1. The lowest BCUT2D eigenvalue weighted by Gasteiger charge is -2.14. The highest BCUT2D eigenvalue weighted by molar-refractivity contribution is 5.82. The summed E-state index contributed by atoms with van der Waals surface area (Å²) < 4.78 is 0. The van der Waals surface area contributed by atoms with Gasteiger partial charge in [-0.3, -0.25) is 4.79 Å². The van der Waals surface area contributed by atoms with Crippen LogP contribution in [0, 0.1) is 0 Å². The molecule has 0 aromatic rings. The Morgan fingerprint density at radius 3 is 2.25 bits per heavy atom. The Bertz CT molecular complexity index is 322. The van der Waals surface area contributed by atoms with Crippen LogP contribution in [0.2, 0.25) is 0 Å². The number of hydrogen-bond donors (Lipinski definition) is 5. The fourth-order valence-electron chi connectivity index (χ4n) is 1.54. The Hall–Kier alpha value is -1.83. The number of rotatable bonds is 11. The zero-order chi connectivity index (χ0) is 15.4. The molecule has 116 valence electrons. The summed E-state index contributed by atoms with van der Waals surface area (Å²) in [5.74, 6) is -2.33. The van der Waals surface area contributed by atoms with Gasteiger partial charge in [0.15, 0.2) is 0 Å². The van der Waals surface area contributed by atoms with Crippen molar-refractivity contribution in [3.8, 4) is 0 Å². The molecule has 0 bridgehead atoms. The fourth-order valence-corrected chi connectivity index (χ4v) is 1.54. The lowest BCUT2D eigenvalue weighted by Crippen LogP contribution is -2.46. The lowest BCUT2D eigenvalue weighted by molar-refractivity contribution is -0.140. The average Bonchev–Trinajstić information content (AvgIpc) is 2.38. The molecule has 1 atom stereocenters. The SMILES string of the molecule is CNCCCCCNC(=O)N[C@@H](CCC(=O)O)C(=O)O. The van der Waals surface area contributed by atoms with E-state index < -0.39 is 24.0 Å². The first-order chi connectivity index (χ1) is 9.47. The molecule has 0 aliphatic carbocycles. The van der Waals surface area contributed by atoms with E-state index in [2.05, 4.69) is 16.0 Å². The van der Waals surface area contributed by atoms with Crippen LogP contribution in [0.1, 0.15) is 32.1 Å². The topological polar surface area (TPSA) is 128 Å². The van der Waals surface area contributed by atoms with E-state index in [-0.39, 0.29) is 12.8 Å². The van der Waals surface area contributed by atoms with Crippen molar-refractivity contribution < 1.29 is 24.6 Å². The summed E-state index contributed by atoms with van der Waals surface area (Å²) in [4.78, 5) is 32.7. The molecular formula is C12H23N3O5. The maximum atomic E-state index is 11.4. The smallest absolute Gasteiger partial charge is 0.326 e. The molecular weight excluding hydrogens is 266 g/mol. The van der Waals surface area contributed by atoms with Crippen molar-refractivity contribution >= 4 is 18.0 Å². The minimum Gasteiger partial charge on any atom is -0.481 e. The average molecular weight is 289 g/mol. The standard InChI is InChI=1S/C12H23N3O5/c1-13-7-3-2-4-8-14-12(20)15-9(11(18)19)5-6-10(16)17/h9,13H,2-8H2,1H3,(H,16,17)(H,18,19)(H2,14,15,20)/t9-/m0/s1. The van der Waals surface area contributed by atoms with E-state index in [1.165, 1.54) is 0 Å². The van der Waals surface area contributed by atoms with Crippen LogP contribution in [-0.2, 0) is 9.59 Å². The summed E-state index contributed by atoms with van der Waals surface area (Å²) in [5.41, 5.74) is 0. The van der Waals surface area contributed by atoms with Gasteiger partial charge < -0.3 is 26.2 Å². The number of aliphatic carboxylic acids is 2. The predicted octanol–water partition coefficient (Wildman–Crippen LogP) is -0.00670. The number of urea groups is 1. The molecule has 0 aliphatic heterocycles. The third-order valence-corrected chi connectivity index (χ3v) is 2.64. The Labute approximate surface area is 117 Å². The number of nitrogens with one attached hydrogen (secondary N) is 3. The van der Waals surface area contributed by atoms with E-state index in [0.717, 1.165) is 25.8 Å². The monoisotopic (exact) mass is 289 g/mol. The third-order valence-electron chi connectivity index (χ3n) is 2.64. The van der Waals surface area contributed by atoms with E-state index >= 15 is 0 Å². The molecule has 0 saturated carbocycles. The van der Waals surface area contributed by atoms with Crippen LogP contribution < -0.4 is 16.0 Å². The summed E-state index contributed by atoms with van der Waals surface area (Å²) in [7, 11) is 1.87. The number of carboxylic acids is 2. The number of amides is 2. The molecule has 20 heavy (non-hydrogen) atoms. The van der Waals surface area contributed by atoms with Gasteiger partial charge in [-0.2, -0.15) is 0 Å². The van der Waals surface area contributed by atoms with Crippen molar-refractivity contribution in [1.82, 2.24) is 16.0 Å². The third kappa shape index (κ3) is 10.1. The molecule has 8 heteroatoms. The molecule has 0 aliphatic rings. The molecule has 0 saturated heterocycles. The molecule has 0 spiro atoms. The fraction of sp³-hybridized carbons (Fsp3) is 0.750. The molecule has 0 heterocycles. The van der Waals surface area contributed by atoms with Crippen LogP contribution in [0.15, 0.2) is 0 Å². The zero-order valence-electron chi connectivity index (χ0n) is 11.6. The van der Waals surface area contributed by atoms with Crippen LogP contribution in [-0.4, -0.2) is 54.4 Å². The van der Waals surface area contributed by atoms with Crippen LogP contribution in [0.5, 0.6) is 0 Å². The van der Waals surface area contributed by atoms with Gasteiger partial charge in [0.25, 0.3) is 0 Å². The van der Waals surface area contributed by atoms with Crippen molar-refractivity contribution in [2.24, 2.45) is 0 Å². The predicted molar refractivity (Wildman–Crippen MR) is 72.6 cm³/mol. The van der Waals surface area contributed by atoms with Crippen molar-refractivity contribution in [3.63, 3.8) is 0 Å². The number of carbonyl (C=O) groups is 3. The number of carboxylic acid groups (broad SMARTS) is 2. The first kappa shape index (κ1) is 18.2. The Morgan fingerprint density at radius 2 is 1.70 bits per heavy atom. The van der Waals surface area contributed by atoms with Crippen LogP contribution in [0.4, 0.5) is 4.79 Å². The summed E-state index contributed by atoms with van der Waals surface area (Å²) in [6.45, 7) is 1.38. The highest BCUT2D eigenvalue weighted by atomic mass is 16.4. The van der Waals surface area contributed by atoms with Gasteiger partial charge in [0.05, 0.1) is 0 Å². The minimum absolute atomic E-state index is 0.139. The highest BCUT2D eigenvalue weighted by Crippen LogP contribution is 1.98. The molecule has 0 rings (SSSR count). The maximum Gasteiger partial charge on any atom is 0.326 e. The quantitative estimate of drug-likeness (QED) is 0.340. The molecule has 0 radical (unpaired) electrons. The molecule has 0 unspecified atom stereocenters. The van der Waals surface area contributed by atoms with Gasteiger partial charge in [0.1, 0.15) is 6.04 Å². The molecule has 0 aromatic carbocycles. The van der Waals surface area contributed by atoms with E-state index in [4.69, 9.17) is 10.2 Å². The molecule has 8 nitrogen and oxygen atoms in total. The molecule has 0 aromatic heterocycles. The first-order valence-electron chi connectivity index (χ1n) is 6.61. The molecule has 0 fully saturated rings. The van der Waals surface area contributed by atoms with Gasteiger partial charge in [-0.25, -0.2) is 9.59 Å². The highest BCUT2D eigenvalue weighted by Gasteiger charge is 2.20. The van der Waals surface area contributed by atoms with Gasteiger partial charge in [0, 0.05) is 13.0 Å². The Kier molecular flexibility index (Phi) is 10.0. The Balaban J connectivity index is 3.84. The molecule has 2 amide bonds. The largest absolute Gasteiger partial charge is 0.481 e. The summed E-state index contributed by atoms with van der Waals surface area (Å²) in [6.07, 6.45) is 2.34. The second-order valence-corrected chi connectivity index (χ2v) is 4.39. The maximum absolute atomic E-state index is 11.4. The summed E-state index contributed by atoms with van der Waals surface area (Å²) in [5, 5.41) is 25.2. The van der Waals surface area contributed by atoms with Gasteiger partial charge >= 0.3 is 18.0 Å². The van der Waals surface area contributed by atoms with E-state index in [9.17, 15) is 14.4 Å². The van der Waals surface area contributed by atoms with Crippen molar-refractivity contribution in [1.29, 1.82) is 0 Å². The minimum atomic E-state index is -1.24. The van der Waals surface area contributed by atoms with Crippen LogP contribution in [0.25, 0.3) is 0 Å². The molecule has 5 N–H and O–H groups in total. The normalized spacial score (nSPS) is 11.7. The summed E-state index contributed by atoms with van der Waals surface area (Å²) in [6, 6.07) is -1.77. The van der Waals surface area contributed by atoms with Crippen molar-refractivity contribution in [3.05, 3.63) is 0 Å². The second kappa shape index (κ2) is 11.0. The van der Waals surface area contributed by atoms with Gasteiger partial charge in [-0.15, -0.1) is 0 Å². The van der Waals surface area contributed by atoms with Crippen molar-refractivity contribution in [2.45, 2.75) is 38.1 Å².